The maximum absolute atomic E-state index is 10.0. The summed E-state index contributed by atoms with van der Waals surface area (Å²) in [7, 11) is 0. The summed E-state index contributed by atoms with van der Waals surface area (Å²) in [5.41, 5.74) is 0.660. The first kappa shape index (κ1) is 15.3. The van der Waals surface area contributed by atoms with Crippen LogP contribution < -0.4 is 0 Å². The summed E-state index contributed by atoms with van der Waals surface area (Å²) in [6.07, 6.45) is 0.969. The number of halogens is 1. The van der Waals surface area contributed by atoms with Crippen LogP contribution in [0.2, 0.25) is 5.15 Å². The van der Waals surface area contributed by atoms with E-state index in [-0.39, 0.29) is 12.2 Å². The first-order chi connectivity index (χ1) is 10.9. The Morgan fingerprint density at radius 3 is 2.78 bits per heavy atom. The highest BCUT2D eigenvalue weighted by molar-refractivity contribution is 6.33. The fraction of sp³-hybridized carbons (Fsp3) is 0.600. The van der Waals surface area contributed by atoms with E-state index in [1.54, 1.807) is 6.92 Å². The van der Waals surface area contributed by atoms with Gasteiger partial charge in [-0.05, 0) is 26.8 Å². The molecule has 124 valence electrons. The molecule has 1 unspecified atom stereocenters. The zero-order valence-electron chi connectivity index (χ0n) is 13.0. The fourth-order valence-electron chi connectivity index (χ4n) is 3.37. The number of hydrogen-bond acceptors (Lipinski definition) is 6. The lowest BCUT2D eigenvalue weighted by molar-refractivity contribution is -0.205. The molecule has 0 amide bonds. The van der Waals surface area contributed by atoms with E-state index in [2.05, 4.69) is 9.97 Å². The van der Waals surface area contributed by atoms with Gasteiger partial charge in [0, 0.05) is 6.20 Å². The number of aliphatic hydroxyl groups is 1. The number of rotatable bonds is 2. The molecule has 23 heavy (non-hydrogen) atoms. The average molecular weight is 340 g/mol. The molecule has 2 fully saturated rings. The third-order valence-electron chi connectivity index (χ3n) is 4.28. The van der Waals surface area contributed by atoms with Crippen molar-refractivity contribution in [2.24, 2.45) is 0 Å². The third kappa shape index (κ3) is 2.35. The molecule has 0 spiro atoms. The second-order valence-electron chi connectivity index (χ2n) is 6.42. The van der Waals surface area contributed by atoms with Gasteiger partial charge < -0.3 is 23.9 Å². The van der Waals surface area contributed by atoms with Crippen LogP contribution in [0.4, 0.5) is 0 Å². The van der Waals surface area contributed by atoms with E-state index in [9.17, 15) is 5.11 Å². The van der Waals surface area contributed by atoms with Gasteiger partial charge in [0.05, 0.1) is 11.5 Å². The molecule has 2 saturated heterocycles. The Balaban J connectivity index is 1.77. The van der Waals surface area contributed by atoms with Gasteiger partial charge >= 0.3 is 0 Å². The lowest BCUT2D eigenvalue weighted by atomic mass is 10.1. The van der Waals surface area contributed by atoms with Crippen LogP contribution in [-0.4, -0.2) is 49.8 Å². The molecule has 0 aromatic carbocycles. The topological polar surface area (TPSA) is 78.6 Å². The minimum Gasteiger partial charge on any atom is -0.391 e. The molecular weight excluding hydrogens is 322 g/mol. The highest BCUT2D eigenvalue weighted by atomic mass is 35.5. The number of hydrogen-bond donors (Lipinski definition) is 1. The summed E-state index contributed by atoms with van der Waals surface area (Å²) in [6, 6.07) is 1.84. The molecule has 0 saturated carbocycles. The molecule has 7 nitrogen and oxygen atoms in total. The predicted octanol–water partition coefficient (Wildman–Crippen LogP) is 1.88. The van der Waals surface area contributed by atoms with Gasteiger partial charge in [-0.15, -0.1) is 0 Å². The molecule has 5 atom stereocenters. The molecular formula is C15H18ClN3O4. The third-order valence-corrected chi connectivity index (χ3v) is 4.58. The van der Waals surface area contributed by atoms with Gasteiger partial charge in [-0.1, -0.05) is 11.6 Å². The second-order valence-corrected chi connectivity index (χ2v) is 6.78. The van der Waals surface area contributed by atoms with Gasteiger partial charge in [-0.3, -0.25) is 0 Å². The Labute approximate surface area is 138 Å². The fourth-order valence-corrected chi connectivity index (χ4v) is 3.56. The molecule has 1 N–H and O–H groups in total. The first-order valence-electron chi connectivity index (χ1n) is 7.53. The van der Waals surface area contributed by atoms with E-state index in [4.69, 9.17) is 25.8 Å². The van der Waals surface area contributed by atoms with E-state index in [1.165, 1.54) is 6.33 Å². The van der Waals surface area contributed by atoms with Crippen LogP contribution in [0.3, 0.4) is 0 Å². The van der Waals surface area contributed by atoms with Gasteiger partial charge in [0.1, 0.15) is 35.4 Å². The SMILES string of the molecule is CC(O)[C@@H]1O[C@@H](n2ccc3c(Cl)ncnc32)[C@@H]2OC(C)(C)O[C@@H]21. The Hall–Kier alpha value is -1.25. The zero-order valence-corrected chi connectivity index (χ0v) is 13.8. The van der Waals surface area contributed by atoms with Gasteiger partial charge in [0.25, 0.3) is 0 Å². The molecule has 0 bridgehead atoms. The quantitative estimate of drug-likeness (QED) is 0.842. The largest absolute Gasteiger partial charge is 0.391 e. The lowest BCUT2D eigenvalue weighted by Crippen LogP contribution is -2.36. The van der Waals surface area contributed by atoms with Crippen molar-refractivity contribution in [3.63, 3.8) is 0 Å². The molecule has 0 aliphatic carbocycles. The molecule has 2 aromatic heterocycles. The van der Waals surface area contributed by atoms with Crippen LogP contribution in [-0.2, 0) is 14.2 Å². The molecule has 4 heterocycles. The summed E-state index contributed by atoms with van der Waals surface area (Å²) in [5, 5.41) is 11.2. The monoisotopic (exact) mass is 339 g/mol. The van der Waals surface area contributed by atoms with Crippen molar-refractivity contribution in [2.45, 2.75) is 57.2 Å². The van der Waals surface area contributed by atoms with Crippen LogP contribution in [0.5, 0.6) is 0 Å². The summed E-state index contributed by atoms with van der Waals surface area (Å²) >= 11 is 6.11. The van der Waals surface area contributed by atoms with Crippen LogP contribution in [0.25, 0.3) is 11.0 Å². The van der Waals surface area contributed by atoms with Crippen LogP contribution in [0, 0.1) is 0 Å². The summed E-state index contributed by atoms with van der Waals surface area (Å²) in [5.74, 6) is -0.722. The van der Waals surface area contributed by atoms with Crippen molar-refractivity contribution >= 4 is 22.6 Å². The van der Waals surface area contributed by atoms with Crippen molar-refractivity contribution in [1.82, 2.24) is 14.5 Å². The van der Waals surface area contributed by atoms with Crippen molar-refractivity contribution in [2.75, 3.05) is 0 Å². The van der Waals surface area contributed by atoms with E-state index in [0.29, 0.717) is 10.8 Å². The Morgan fingerprint density at radius 1 is 1.30 bits per heavy atom. The van der Waals surface area contributed by atoms with E-state index < -0.39 is 24.2 Å². The maximum Gasteiger partial charge on any atom is 0.164 e. The van der Waals surface area contributed by atoms with Crippen molar-refractivity contribution < 1.29 is 19.3 Å². The Kier molecular flexibility index (Phi) is 3.40. The Bertz CT molecular complexity index is 747. The van der Waals surface area contributed by atoms with Gasteiger partial charge in [-0.25, -0.2) is 9.97 Å². The standard InChI is InChI=1S/C15H18ClN3O4/c1-7(20)9-10-11(23-15(2,3)22-10)14(21-9)19-5-4-8-12(16)17-6-18-13(8)19/h4-7,9-11,14,20H,1-3H3/t7?,9-,10+,11+,14+/m0/s1. The average Bonchev–Trinajstić information content (AvgIpc) is 3.09. The minimum atomic E-state index is -0.722. The molecule has 0 radical (unpaired) electrons. The highest BCUT2D eigenvalue weighted by Crippen LogP contribution is 2.44. The van der Waals surface area contributed by atoms with Crippen LogP contribution in [0.1, 0.15) is 27.0 Å². The second kappa shape index (κ2) is 5.12. The minimum absolute atomic E-state index is 0.339. The van der Waals surface area contributed by atoms with Crippen LogP contribution >= 0.6 is 11.6 Å². The molecule has 2 aromatic rings. The number of ether oxygens (including phenoxy) is 3. The van der Waals surface area contributed by atoms with E-state index in [0.717, 1.165) is 5.39 Å². The zero-order chi connectivity index (χ0) is 16.4. The van der Waals surface area contributed by atoms with Crippen molar-refractivity contribution in [1.29, 1.82) is 0 Å². The van der Waals surface area contributed by atoms with Crippen molar-refractivity contribution in [3.05, 3.63) is 23.7 Å². The summed E-state index contributed by atoms with van der Waals surface area (Å²) in [6.45, 7) is 5.40. The van der Waals surface area contributed by atoms with Gasteiger partial charge in [0.15, 0.2) is 12.0 Å². The number of fused-ring (bicyclic) bond motifs is 2. The Morgan fingerprint density at radius 2 is 2.04 bits per heavy atom. The van der Waals surface area contributed by atoms with E-state index >= 15 is 0 Å². The summed E-state index contributed by atoms with van der Waals surface area (Å²) < 4.78 is 19.8. The molecule has 4 rings (SSSR count). The number of nitrogens with zero attached hydrogens (tertiary/aromatic N) is 3. The lowest BCUT2D eigenvalue weighted by Gasteiger charge is -2.25. The smallest absolute Gasteiger partial charge is 0.164 e. The normalized spacial score (nSPS) is 34.0. The van der Waals surface area contributed by atoms with Gasteiger partial charge in [0.2, 0.25) is 0 Å². The van der Waals surface area contributed by atoms with Gasteiger partial charge in [-0.2, -0.15) is 0 Å². The molecule has 2 aliphatic heterocycles. The van der Waals surface area contributed by atoms with Crippen molar-refractivity contribution in [3.8, 4) is 0 Å². The highest BCUT2D eigenvalue weighted by Gasteiger charge is 2.57. The van der Waals surface area contributed by atoms with E-state index in [1.807, 2.05) is 30.7 Å². The van der Waals surface area contributed by atoms with Crippen LogP contribution in [0.15, 0.2) is 18.6 Å². The predicted molar refractivity (Wildman–Crippen MR) is 82.0 cm³/mol. The first-order valence-corrected chi connectivity index (χ1v) is 7.91. The number of aromatic nitrogens is 3. The molecule has 8 heteroatoms. The maximum atomic E-state index is 10.0. The molecule has 2 aliphatic rings. The summed E-state index contributed by atoms with van der Waals surface area (Å²) in [4.78, 5) is 8.28. The number of aliphatic hydroxyl groups excluding tert-OH is 1.